The molecule has 1 saturated carbocycles. The topological polar surface area (TPSA) is 57.6 Å². The Labute approximate surface area is 115 Å². The van der Waals surface area contributed by atoms with Gasteiger partial charge in [0.15, 0.2) is 0 Å². The third-order valence-corrected chi connectivity index (χ3v) is 5.38. The van der Waals surface area contributed by atoms with E-state index in [1.807, 2.05) is 4.90 Å². The summed E-state index contributed by atoms with van der Waals surface area (Å²) in [6.07, 6.45) is 5.28. The van der Waals surface area contributed by atoms with Crippen LogP contribution < -0.4 is 0 Å². The number of carboxylic acid groups (broad SMARTS) is 1. The van der Waals surface area contributed by atoms with E-state index in [0.29, 0.717) is 18.3 Å². The van der Waals surface area contributed by atoms with Gasteiger partial charge in [0.1, 0.15) is 0 Å². The first-order valence-corrected chi connectivity index (χ1v) is 7.53. The number of nitrogens with zero attached hydrogens (tertiary/aromatic N) is 1. The van der Waals surface area contributed by atoms with Gasteiger partial charge in [-0.2, -0.15) is 0 Å². The van der Waals surface area contributed by atoms with E-state index < -0.39 is 5.97 Å². The molecule has 4 nitrogen and oxygen atoms in total. The van der Waals surface area contributed by atoms with Crippen LogP contribution >= 0.6 is 0 Å². The van der Waals surface area contributed by atoms with Crippen LogP contribution in [0.15, 0.2) is 0 Å². The molecule has 108 valence electrons. The van der Waals surface area contributed by atoms with Gasteiger partial charge in [0, 0.05) is 19.0 Å². The molecule has 1 aliphatic carbocycles. The minimum absolute atomic E-state index is 0.0504. The maximum absolute atomic E-state index is 12.5. The molecular formula is C15H25NO3. The van der Waals surface area contributed by atoms with Gasteiger partial charge in [-0.25, -0.2) is 0 Å². The normalized spacial score (nSPS) is 29.7. The number of hydrogen-bond donors (Lipinski definition) is 1. The minimum atomic E-state index is -0.742. The van der Waals surface area contributed by atoms with Crippen LogP contribution in [0.4, 0.5) is 0 Å². The van der Waals surface area contributed by atoms with Crippen LogP contribution in [0.25, 0.3) is 0 Å². The maximum Gasteiger partial charge on any atom is 0.306 e. The molecule has 19 heavy (non-hydrogen) atoms. The van der Waals surface area contributed by atoms with Crippen LogP contribution in [0.5, 0.6) is 0 Å². The van der Waals surface area contributed by atoms with E-state index in [0.717, 1.165) is 38.8 Å². The second-order valence-electron chi connectivity index (χ2n) is 6.26. The highest BCUT2D eigenvalue weighted by atomic mass is 16.4. The van der Waals surface area contributed by atoms with Crippen molar-refractivity contribution in [3.63, 3.8) is 0 Å². The maximum atomic E-state index is 12.5. The Morgan fingerprint density at radius 2 is 1.84 bits per heavy atom. The van der Waals surface area contributed by atoms with Crippen molar-refractivity contribution < 1.29 is 14.7 Å². The van der Waals surface area contributed by atoms with E-state index in [1.165, 1.54) is 0 Å². The lowest BCUT2D eigenvalue weighted by molar-refractivity contribution is -0.141. The number of amides is 1. The molecule has 0 radical (unpaired) electrons. The van der Waals surface area contributed by atoms with Crippen LogP contribution in [-0.2, 0) is 9.59 Å². The monoisotopic (exact) mass is 267 g/mol. The van der Waals surface area contributed by atoms with E-state index in [2.05, 4.69) is 13.8 Å². The van der Waals surface area contributed by atoms with Crippen molar-refractivity contribution in [2.45, 2.75) is 52.4 Å². The molecule has 0 aromatic carbocycles. The second-order valence-corrected chi connectivity index (χ2v) is 6.26. The summed E-state index contributed by atoms with van der Waals surface area (Å²) in [5, 5.41) is 9.01. The van der Waals surface area contributed by atoms with Gasteiger partial charge < -0.3 is 10.0 Å². The summed E-state index contributed by atoms with van der Waals surface area (Å²) in [7, 11) is 0. The lowest BCUT2D eigenvalue weighted by atomic mass is 9.82. The highest BCUT2D eigenvalue weighted by Crippen LogP contribution is 2.39. The molecule has 1 N–H and O–H groups in total. The SMILES string of the molecule is CCC1(CC)CCN(C(=O)C2CCC(C(=O)O)C2)C1. The van der Waals surface area contributed by atoms with Gasteiger partial charge >= 0.3 is 5.97 Å². The van der Waals surface area contributed by atoms with Crippen molar-refractivity contribution in [3.05, 3.63) is 0 Å². The summed E-state index contributed by atoms with van der Waals surface area (Å²) >= 11 is 0. The second kappa shape index (κ2) is 5.51. The fourth-order valence-electron chi connectivity index (χ4n) is 3.64. The minimum Gasteiger partial charge on any atom is -0.481 e. The largest absolute Gasteiger partial charge is 0.481 e. The number of carbonyl (C=O) groups excluding carboxylic acids is 1. The molecule has 1 heterocycles. The molecule has 2 rings (SSSR count). The molecule has 1 saturated heterocycles. The van der Waals surface area contributed by atoms with E-state index >= 15 is 0 Å². The zero-order valence-electron chi connectivity index (χ0n) is 12.0. The zero-order chi connectivity index (χ0) is 14.0. The zero-order valence-corrected chi connectivity index (χ0v) is 12.0. The van der Waals surface area contributed by atoms with Crippen molar-refractivity contribution in [1.29, 1.82) is 0 Å². The summed E-state index contributed by atoms with van der Waals surface area (Å²) in [5.74, 6) is -0.898. The predicted octanol–water partition coefficient (Wildman–Crippen LogP) is 2.53. The molecule has 0 aromatic rings. The smallest absolute Gasteiger partial charge is 0.306 e. The highest BCUT2D eigenvalue weighted by Gasteiger charge is 2.41. The van der Waals surface area contributed by atoms with Crippen LogP contribution in [0.1, 0.15) is 52.4 Å². The molecule has 1 aliphatic heterocycles. The van der Waals surface area contributed by atoms with Gasteiger partial charge in [0.2, 0.25) is 5.91 Å². The molecule has 0 bridgehead atoms. The summed E-state index contributed by atoms with van der Waals surface area (Å²) in [5.41, 5.74) is 0.306. The van der Waals surface area contributed by atoms with Gasteiger partial charge in [-0.05, 0) is 43.9 Å². The Kier molecular flexibility index (Phi) is 4.16. The van der Waals surface area contributed by atoms with Crippen molar-refractivity contribution in [2.24, 2.45) is 17.3 Å². The van der Waals surface area contributed by atoms with E-state index in [9.17, 15) is 9.59 Å². The van der Waals surface area contributed by atoms with Crippen LogP contribution in [0.3, 0.4) is 0 Å². The number of hydrogen-bond acceptors (Lipinski definition) is 2. The van der Waals surface area contributed by atoms with Gasteiger partial charge in [-0.15, -0.1) is 0 Å². The van der Waals surface area contributed by atoms with Gasteiger partial charge in [-0.1, -0.05) is 13.8 Å². The number of rotatable bonds is 4. The van der Waals surface area contributed by atoms with Crippen LogP contribution in [0.2, 0.25) is 0 Å². The molecule has 2 atom stereocenters. The average molecular weight is 267 g/mol. The first-order valence-electron chi connectivity index (χ1n) is 7.53. The molecule has 1 amide bonds. The molecule has 2 aliphatic rings. The number of carboxylic acids is 1. The Balaban J connectivity index is 1.94. The first kappa shape index (κ1) is 14.4. The third kappa shape index (κ3) is 2.77. The number of aliphatic carboxylic acids is 1. The lowest BCUT2D eigenvalue weighted by Gasteiger charge is -2.27. The molecular weight excluding hydrogens is 242 g/mol. The Morgan fingerprint density at radius 3 is 2.32 bits per heavy atom. The lowest BCUT2D eigenvalue weighted by Crippen LogP contribution is -2.35. The Bertz CT molecular complexity index is 362. The van der Waals surface area contributed by atoms with Gasteiger partial charge in [-0.3, -0.25) is 9.59 Å². The average Bonchev–Trinajstić information content (AvgIpc) is 3.05. The number of likely N-dealkylation sites (tertiary alicyclic amines) is 1. The van der Waals surface area contributed by atoms with Crippen LogP contribution in [0, 0.1) is 17.3 Å². The van der Waals surface area contributed by atoms with Gasteiger partial charge in [0.05, 0.1) is 5.92 Å². The summed E-state index contributed by atoms with van der Waals surface area (Å²) in [6.45, 7) is 6.13. The molecule has 2 unspecified atom stereocenters. The quantitative estimate of drug-likeness (QED) is 0.851. The van der Waals surface area contributed by atoms with Crippen molar-refractivity contribution in [1.82, 2.24) is 4.90 Å². The first-order chi connectivity index (χ1) is 9.01. The standard InChI is InChI=1S/C15H25NO3/c1-3-15(4-2)7-8-16(10-15)13(17)11-5-6-12(9-11)14(18)19/h11-12H,3-10H2,1-2H3,(H,18,19). The van der Waals surface area contributed by atoms with E-state index in [1.54, 1.807) is 0 Å². The van der Waals surface area contributed by atoms with Crippen molar-refractivity contribution >= 4 is 11.9 Å². The summed E-state index contributed by atoms with van der Waals surface area (Å²) in [6, 6.07) is 0. The highest BCUT2D eigenvalue weighted by molar-refractivity contribution is 5.81. The Morgan fingerprint density at radius 1 is 1.21 bits per heavy atom. The van der Waals surface area contributed by atoms with Crippen molar-refractivity contribution in [2.75, 3.05) is 13.1 Å². The molecule has 4 heteroatoms. The third-order valence-electron chi connectivity index (χ3n) is 5.38. The summed E-state index contributed by atoms with van der Waals surface area (Å²) < 4.78 is 0. The molecule has 0 spiro atoms. The Hall–Kier alpha value is -1.06. The van der Waals surface area contributed by atoms with Gasteiger partial charge in [0.25, 0.3) is 0 Å². The molecule has 0 aromatic heterocycles. The van der Waals surface area contributed by atoms with Crippen LogP contribution in [-0.4, -0.2) is 35.0 Å². The molecule has 2 fully saturated rings. The van der Waals surface area contributed by atoms with Crippen molar-refractivity contribution in [3.8, 4) is 0 Å². The van der Waals surface area contributed by atoms with E-state index in [4.69, 9.17) is 5.11 Å². The fourth-order valence-corrected chi connectivity index (χ4v) is 3.64. The predicted molar refractivity (Wildman–Crippen MR) is 72.7 cm³/mol. The summed E-state index contributed by atoms with van der Waals surface area (Å²) in [4.78, 5) is 25.4. The fraction of sp³-hybridized carbons (Fsp3) is 0.867. The van der Waals surface area contributed by atoms with E-state index in [-0.39, 0.29) is 17.7 Å². The number of carbonyl (C=O) groups is 2.